The molecule has 9 heteroatoms. The fraction of sp³-hybridized carbons (Fsp3) is 0.543. The molecule has 8 nitrogen and oxygen atoms in total. The van der Waals surface area contributed by atoms with Gasteiger partial charge in [-0.1, -0.05) is 39.8 Å². The first-order chi connectivity index (χ1) is 21.1. The lowest BCUT2D eigenvalue weighted by Gasteiger charge is -2.35. The Bertz CT molecular complexity index is 1370. The number of carbonyl (C=O) groups is 2. The van der Waals surface area contributed by atoms with E-state index >= 15 is 0 Å². The summed E-state index contributed by atoms with van der Waals surface area (Å²) >= 11 is 1.43. The summed E-state index contributed by atoms with van der Waals surface area (Å²) in [6.07, 6.45) is 10.7. The molecule has 2 unspecified atom stereocenters. The van der Waals surface area contributed by atoms with E-state index in [9.17, 15) is 14.7 Å². The van der Waals surface area contributed by atoms with Crippen LogP contribution in [0.15, 0.2) is 58.7 Å². The van der Waals surface area contributed by atoms with Crippen molar-refractivity contribution in [2.24, 2.45) is 5.41 Å². The van der Waals surface area contributed by atoms with E-state index in [0.717, 1.165) is 43.8 Å². The van der Waals surface area contributed by atoms with Gasteiger partial charge in [0.05, 0.1) is 13.2 Å². The summed E-state index contributed by atoms with van der Waals surface area (Å²) in [5, 5.41) is 14.0. The standard InChI is InChI=1S/C35H46N2O6S/c1-5-35(13-15-36-22-26(38)23-42-27-8-6-7-24(9-11-27)34(2,3)4)14-20-44-33-31(40)30(39)28-12-10-25(21-29(28)32(33)43-35)37-16-18-41-19-17-37/h7-12,21,26,36,38H,5-6,13-20,22-23H2,1-4H3. The summed E-state index contributed by atoms with van der Waals surface area (Å²) in [5.41, 5.74) is 2.96. The van der Waals surface area contributed by atoms with Crippen LogP contribution < -0.4 is 10.2 Å². The van der Waals surface area contributed by atoms with Crippen LogP contribution >= 0.6 is 11.8 Å². The third-order valence-electron chi connectivity index (χ3n) is 8.78. The molecule has 2 aliphatic heterocycles. The number of nitrogens with zero attached hydrogens (tertiary/aromatic N) is 1. The van der Waals surface area contributed by atoms with E-state index in [-0.39, 0.29) is 12.0 Å². The number of allylic oxidation sites excluding steroid dienone is 6. The van der Waals surface area contributed by atoms with Crippen LogP contribution in [-0.2, 0) is 19.0 Å². The number of benzene rings is 1. The first kappa shape index (κ1) is 32.5. The van der Waals surface area contributed by atoms with Crippen molar-refractivity contribution in [1.29, 1.82) is 0 Å². The molecule has 1 aromatic carbocycles. The molecule has 1 fully saturated rings. The van der Waals surface area contributed by atoms with Crippen molar-refractivity contribution >= 4 is 34.8 Å². The Hall–Kier alpha value is -2.85. The van der Waals surface area contributed by atoms with Crippen LogP contribution in [-0.4, -0.2) is 80.1 Å². The lowest BCUT2D eigenvalue weighted by atomic mass is 9.86. The highest BCUT2D eigenvalue weighted by Gasteiger charge is 2.41. The molecule has 2 N–H and O–H groups in total. The van der Waals surface area contributed by atoms with E-state index in [1.807, 2.05) is 24.3 Å². The van der Waals surface area contributed by atoms with Gasteiger partial charge in [0, 0.05) is 42.2 Å². The molecule has 0 spiro atoms. The molecule has 44 heavy (non-hydrogen) atoms. The molecule has 4 aliphatic rings. The molecule has 2 aliphatic carbocycles. The molecule has 2 atom stereocenters. The number of carbonyl (C=O) groups excluding carboxylic acids is 2. The molecule has 1 saturated heterocycles. The van der Waals surface area contributed by atoms with E-state index < -0.39 is 23.3 Å². The Labute approximate surface area is 265 Å². The SMILES string of the molecule is CCC1(CCNCC(O)COC2=CCC=C(C(C)(C)C)C=C2)CCSC2=C(O1)c1cc(N3CCOCC3)ccc1C(=O)C2=O. The first-order valence-electron chi connectivity index (χ1n) is 15.8. The molecule has 2 heterocycles. The molecule has 0 bridgehead atoms. The minimum absolute atomic E-state index is 0.0795. The van der Waals surface area contributed by atoms with Gasteiger partial charge in [0.25, 0.3) is 0 Å². The van der Waals surface area contributed by atoms with Gasteiger partial charge in [-0.25, -0.2) is 0 Å². The van der Waals surface area contributed by atoms with Crippen molar-refractivity contribution in [2.45, 2.75) is 65.1 Å². The minimum Gasteiger partial charge on any atom is -0.491 e. The summed E-state index contributed by atoms with van der Waals surface area (Å²) in [4.78, 5) is 28.9. The van der Waals surface area contributed by atoms with Gasteiger partial charge >= 0.3 is 0 Å². The fourth-order valence-electron chi connectivity index (χ4n) is 5.94. The Morgan fingerprint density at radius 3 is 2.66 bits per heavy atom. The van der Waals surface area contributed by atoms with E-state index in [2.05, 4.69) is 50.1 Å². The van der Waals surface area contributed by atoms with Gasteiger partial charge in [-0.2, -0.15) is 0 Å². The first-order valence-corrected chi connectivity index (χ1v) is 16.8. The summed E-state index contributed by atoms with van der Waals surface area (Å²) in [6, 6.07) is 5.68. The highest BCUT2D eigenvalue weighted by atomic mass is 32.2. The molecule has 1 aromatic rings. The number of morpholine rings is 1. The van der Waals surface area contributed by atoms with Crippen LogP contribution in [0.4, 0.5) is 5.69 Å². The van der Waals surface area contributed by atoms with Crippen LogP contribution in [0.3, 0.4) is 0 Å². The maximum atomic E-state index is 13.2. The minimum atomic E-state index is -0.660. The number of fused-ring (bicyclic) bond motifs is 2. The number of ketones is 2. The van der Waals surface area contributed by atoms with Crippen LogP contribution in [0.1, 0.15) is 69.3 Å². The van der Waals surface area contributed by atoms with Gasteiger partial charge in [-0.05, 0) is 73.6 Å². The molecule has 238 valence electrons. The van der Waals surface area contributed by atoms with Gasteiger partial charge in [0.1, 0.15) is 34.7 Å². The number of aliphatic hydroxyl groups is 1. The van der Waals surface area contributed by atoms with Gasteiger partial charge < -0.3 is 29.5 Å². The van der Waals surface area contributed by atoms with Crippen molar-refractivity contribution in [3.05, 3.63) is 69.9 Å². The van der Waals surface area contributed by atoms with E-state index in [1.54, 1.807) is 6.07 Å². The maximum absolute atomic E-state index is 13.2. The number of thioether (sulfide) groups is 1. The van der Waals surface area contributed by atoms with E-state index in [0.29, 0.717) is 60.3 Å². The largest absolute Gasteiger partial charge is 0.491 e. The second-order valence-corrected chi connectivity index (χ2v) is 14.0. The number of ether oxygens (including phenoxy) is 3. The van der Waals surface area contributed by atoms with Crippen molar-refractivity contribution < 1.29 is 28.9 Å². The van der Waals surface area contributed by atoms with E-state index in [1.165, 1.54) is 17.3 Å². The van der Waals surface area contributed by atoms with Gasteiger partial charge in [-0.15, -0.1) is 11.8 Å². The molecule has 0 amide bonds. The number of rotatable bonds is 10. The van der Waals surface area contributed by atoms with Crippen LogP contribution in [0, 0.1) is 5.41 Å². The van der Waals surface area contributed by atoms with Gasteiger partial charge in [0.15, 0.2) is 0 Å². The zero-order valence-electron chi connectivity index (χ0n) is 26.4. The molecule has 0 saturated carbocycles. The van der Waals surface area contributed by atoms with Crippen LogP contribution in [0.2, 0.25) is 0 Å². The Morgan fingerprint density at radius 1 is 1.11 bits per heavy atom. The number of hydrogen-bond acceptors (Lipinski definition) is 9. The number of anilines is 1. The fourth-order valence-corrected chi connectivity index (χ4v) is 7.12. The molecular formula is C35H46N2O6S. The number of aliphatic hydroxyl groups excluding tert-OH is 1. The monoisotopic (exact) mass is 622 g/mol. The second-order valence-electron chi connectivity index (χ2n) is 12.9. The maximum Gasteiger partial charge on any atom is 0.243 e. The molecule has 5 rings (SSSR count). The van der Waals surface area contributed by atoms with Crippen molar-refractivity contribution in [1.82, 2.24) is 5.32 Å². The second kappa shape index (κ2) is 14.1. The highest BCUT2D eigenvalue weighted by molar-refractivity contribution is 8.04. The van der Waals surface area contributed by atoms with Gasteiger partial charge in [-0.3, -0.25) is 9.59 Å². The number of hydrogen-bond donors (Lipinski definition) is 2. The Balaban J connectivity index is 1.20. The topological polar surface area (TPSA) is 97.3 Å². The molecular weight excluding hydrogens is 576 g/mol. The average molecular weight is 623 g/mol. The third-order valence-corrected chi connectivity index (χ3v) is 9.85. The quantitative estimate of drug-likeness (QED) is 0.261. The lowest BCUT2D eigenvalue weighted by Crippen LogP contribution is -2.38. The normalized spacial score (nSPS) is 23.2. The highest BCUT2D eigenvalue weighted by Crippen LogP contribution is 2.45. The van der Waals surface area contributed by atoms with Gasteiger partial charge in [0.2, 0.25) is 11.6 Å². The molecule has 0 aromatic heterocycles. The van der Waals surface area contributed by atoms with E-state index in [4.69, 9.17) is 14.2 Å². The average Bonchev–Trinajstić information content (AvgIpc) is 3.39. The summed E-state index contributed by atoms with van der Waals surface area (Å²) in [5.74, 6) is 1.05. The van der Waals surface area contributed by atoms with Crippen LogP contribution in [0.25, 0.3) is 5.76 Å². The molecule has 0 radical (unpaired) electrons. The Morgan fingerprint density at radius 2 is 1.91 bits per heavy atom. The zero-order valence-corrected chi connectivity index (χ0v) is 27.3. The van der Waals surface area contributed by atoms with Crippen molar-refractivity contribution in [3.8, 4) is 0 Å². The van der Waals surface area contributed by atoms with Crippen molar-refractivity contribution in [3.63, 3.8) is 0 Å². The predicted molar refractivity (Wildman–Crippen MR) is 176 cm³/mol. The predicted octanol–water partition coefficient (Wildman–Crippen LogP) is 5.43. The summed E-state index contributed by atoms with van der Waals surface area (Å²) in [7, 11) is 0. The number of nitrogens with one attached hydrogen (secondary N) is 1. The van der Waals surface area contributed by atoms with Crippen LogP contribution in [0.5, 0.6) is 0 Å². The zero-order chi connectivity index (χ0) is 31.3. The lowest BCUT2D eigenvalue weighted by molar-refractivity contribution is -0.111. The third kappa shape index (κ3) is 7.50. The summed E-state index contributed by atoms with van der Waals surface area (Å²) < 4.78 is 18.2. The number of Topliss-reactive ketones (excluding diaryl/α,β-unsaturated/α-hetero) is 2. The smallest absolute Gasteiger partial charge is 0.243 e. The Kier molecular flexibility index (Phi) is 10.4. The van der Waals surface area contributed by atoms with Crippen molar-refractivity contribution in [2.75, 3.05) is 56.7 Å². The summed E-state index contributed by atoms with van der Waals surface area (Å²) in [6.45, 7) is 12.8.